The number of urea groups is 1. The molecule has 2 atom stereocenters. The minimum atomic E-state index is -0.883. The van der Waals surface area contributed by atoms with E-state index in [1.54, 1.807) is 4.90 Å². The van der Waals surface area contributed by atoms with Gasteiger partial charge in [-0.3, -0.25) is 4.79 Å². The molecule has 0 bridgehead atoms. The van der Waals surface area contributed by atoms with E-state index < -0.39 is 5.54 Å². The zero-order valence-corrected chi connectivity index (χ0v) is 20.5. The molecule has 2 aliphatic heterocycles. The second-order valence-electron chi connectivity index (χ2n) is 9.11. The van der Waals surface area contributed by atoms with Gasteiger partial charge in [-0.05, 0) is 74.3 Å². The molecule has 0 spiro atoms. The standard InChI is InChI=1S/C25H31BrN4O2/c1-4-5-19-16-30(24(32)28-21-10-7-20(26)8-11-21)25(19,2)23(31)27-22-9-6-18-15-29(3)13-12-17(18)14-22/h6-11,14,19H,4-5,12-13,15-16H2,1-3H3,(H,27,31)(H,28,32)/t19-,25+/m0/s1. The van der Waals surface area contributed by atoms with Crippen LogP contribution < -0.4 is 10.6 Å². The smallest absolute Gasteiger partial charge is 0.322 e. The normalized spacial score (nSPS) is 22.6. The molecule has 2 heterocycles. The highest BCUT2D eigenvalue weighted by Crippen LogP contribution is 2.41. The van der Waals surface area contributed by atoms with Gasteiger partial charge in [-0.1, -0.05) is 35.3 Å². The highest BCUT2D eigenvalue weighted by atomic mass is 79.9. The number of carbonyl (C=O) groups is 2. The van der Waals surface area contributed by atoms with Crippen molar-refractivity contribution in [2.24, 2.45) is 5.92 Å². The van der Waals surface area contributed by atoms with E-state index in [2.05, 4.69) is 57.6 Å². The number of hydrogen-bond acceptors (Lipinski definition) is 3. The van der Waals surface area contributed by atoms with Gasteiger partial charge in [-0.15, -0.1) is 0 Å². The largest absolute Gasteiger partial charge is 0.324 e. The molecule has 0 aliphatic carbocycles. The van der Waals surface area contributed by atoms with E-state index in [4.69, 9.17) is 0 Å². The molecule has 32 heavy (non-hydrogen) atoms. The zero-order chi connectivity index (χ0) is 22.9. The van der Waals surface area contributed by atoms with Crippen LogP contribution in [0.25, 0.3) is 0 Å². The number of amides is 3. The van der Waals surface area contributed by atoms with Gasteiger partial charge < -0.3 is 20.4 Å². The average molecular weight is 499 g/mol. The fourth-order valence-electron chi connectivity index (χ4n) is 4.77. The van der Waals surface area contributed by atoms with Crippen molar-refractivity contribution >= 4 is 39.2 Å². The van der Waals surface area contributed by atoms with Crippen LogP contribution in [0, 0.1) is 5.92 Å². The molecule has 1 fully saturated rings. The van der Waals surface area contributed by atoms with E-state index >= 15 is 0 Å². The molecule has 0 saturated carbocycles. The molecule has 2 N–H and O–H groups in total. The van der Waals surface area contributed by atoms with Crippen molar-refractivity contribution in [2.75, 3.05) is 30.8 Å². The predicted octanol–water partition coefficient (Wildman–Crippen LogP) is 5.10. The molecule has 0 unspecified atom stereocenters. The molecule has 2 aliphatic rings. The number of hydrogen-bond donors (Lipinski definition) is 2. The average Bonchev–Trinajstić information content (AvgIpc) is 2.77. The summed E-state index contributed by atoms with van der Waals surface area (Å²) in [4.78, 5) is 30.5. The quantitative estimate of drug-likeness (QED) is 0.602. The Hall–Kier alpha value is -2.38. The van der Waals surface area contributed by atoms with Crippen LogP contribution in [0.2, 0.25) is 0 Å². The number of fused-ring (bicyclic) bond motifs is 1. The lowest BCUT2D eigenvalue weighted by Crippen LogP contribution is -2.73. The summed E-state index contributed by atoms with van der Waals surface area (Å²) < 4.78 is 0.948. The van der Waals surface area contributed by atoms with Crippen molar-refractivity contribution in [3.63, 3.8) is 0 Å². The third kappa shape index (κ3) is 4.41. The molecule has 2 aromatic carbocycles. The number of nitrogens with one attached hydrogen (secondary N) is 2. The van der Waals surface area contributed by atoms with Gasteiger partial charge in [-0.2, -0.15) is 0 Å². The Labute approximate surface area is 198 Å². The van der Waals surface area contributed by atoms with Gasteiger partial charge >= 0.3 is 6.03 Å². The first-order valence-electron chi connectivity index (χ1n) is 11.3. The summed E-state index contributed by atoms with van der Waals surface area (Å²) in [6, 6.07) is 13.4. The zero-order valence-electron chi connectivity index (χ0n) is 19.0. The molecular formula is C25H31BrN4O2. The Kier molecular flexibility index (Phi) is 6.58. The van der Waals surface area contributed by atoms with Crippen LogP contribution in [0.4, 0.5) is 16.2 Å². The minimum absolute atomic E-state index is 0.124. The van der Waals surface area contributed by atoms with Gasteiger partial charge in [-0.25, -0.2) is 4.79 Å². The number of nitrogens with zero attached hydrogens (tertiary/aromatic N) is 2. The molecular weight excluding hydrogens is 468 g/mol. The summed E-state index contributed by atoms with van der Waals surface area (Å²) in [5, 5.41) is 6.04. The monoisotopic (exact) mass is 498 g/mol. The number of likely N-dealkylation sites (tertiary alicyclic amines) is 1. The molecule has 0 radical (unpaired) electrons. The van der Waals surface area contributed by atoms with E-state index in [1.165, 1.54) is 11.1 Å². The SMILES string of the molecule is CCC[C@H]1CN(C(=O)Nc2ccc(Br)cc2)[C@@]1(C)C(=O)Nc1ccc2c(c1)CCN(C)C2. The third-order valence-electron chi connectivity index (χ3n) is 6.86. The number of benzene rings is 2. The molecule has 7 heteroatoms. The summed E-state index contributed by atoms with van der Waals surface area (Å²) in [7, 11) is 2.12. The molecule has 2 aromatic rings. The van der Waals surface area contributed by atoms with Gasteiger partial charge in [0.2, 0.25) is 5.91 Å². The lowest BCUT2D eigenvalue weighted by molar-refractivity contribution is -0.139. The molecule has 1 saturated heterocycles. The summed E-state index contributed by atoms with van der Waals surface area (Å²) in [5.41, 5.74) is 3.22. The highest BCUT2D eigenvalue weighted by Gasteiger charge is 2.56. The summed E-state index contributed by atoms with van der Waals surface area (Å²) in [6.07, 6.45) is 2.86. The first kappa shape index (κ1) is 22.8. The topological polar surface area (TPSA) is 64.7 Å². The fraction of sp³-hybridized carbons (Fsp3) is 0.440. The van der Waals surface area contributed by atoms with E-state index in [1.807, 2.05) is 37.3 Å². The van der Waals surface area contributed by atoms with Gasteiger partial charge in [0.15, 0.2) is 0 Å². The summed E-state index contributed by atoms with van der Waals surface area (Å²) >= 11 is 3.41. The number of likely N-dealkylation sites (N-methyl/N-ethyl adjacent to an activating group) is 1. The van der Waals surface area contributed by atoms with Crippen LogP contribution in [0.3, 0.4) is 0 Å². The number of carbonyl (C=O) groups excluding carboxylic acids is 2. The number of rotatable bonds is 5. The second kappa shape index (κ2) is 9.24. The van der Waals surface area contributed by atoms with Crippen LogP contribution in [0.5, 0.6) is 0 Å². The lowest BCUT2D eigenvalue weighted by atomic mass is 9.72. The minimum Gasteiger partial charge on any atom is -0.324 e. The molecule has 170 valence electrons. The van der Waals surface area contributed by atoms with Gasteiger partial charge in [0.25, 0.3) is 0 Å². The van der Waals surface area contributed by atoms with Gasteiger partial charge in [0.05, 0.1) is 0 Å². The maximum atomic E-state index is 13.5. The Balaban J connectivity index is 1.50. The highest BCUT2D eigenvalue weighted by molar-refractivity contribution is 9.10. The molecule has 4 rings (SSSR count). The molecule has 3 amide bonds. The number of anilines is 2. The van der Waals surface area contributed by atoms with E-state index in [0.29, 0.717) is 12.2 Å². The van der Waals surface area contributed by atoms with Crippen LogP contribution in [0.1, 0.15) is 37.8 Å². The van der Waals surface area contributed by atoms with Crippen molar-refractivity contribution < 1.29 is 9.59 Å². The van der Waals surface area contributed by atoms with Crippen LogP contribution in [-0.2, 0) is 17.8 Å². The van der Waals surface area contributed by atoms with E-state index in [0.717, 1.165) is 42.5 Å². The van der Waals surface area contributed by atoms with Crippen molar-refractivity contribution in [3.8, 4) is 0 Å². The summed E-state index contributed by atoms with van der Waals surface area (Å²) in [5.74, 6) is 0.00970. The summed E-state index contributed by atoms with van der Waals surface area (Å²) in [6.45, 7) is 6.54. The molecule has 6 nitrogen and oxygen atoms in total. The molecule has 0 aromatic heterocycles. The Morgan fingerprint density at radius 2 is 1.81 bits per heavy atom. The van der Waals surface area contributed by atoms with Gasteiger partial charge in [0.1, 0.15) is 5.54 Å². The lowest BCUT2D eigenvalue weighted by Gasteiger charge is -2.55. The number of halogens is 1. The fourth-order valence-corrected chi connectivity index (χ4v) is 5.04. The first-order chi connectivity index (χ1) is 15.3. The van der Waals surface area contributed by atoms with Crippen molar-refractivity contribution in [2.45, 2.75) is 45.2 Å². The first-order valence-corrected chi connectivity index (χ1v) is 12.1. The third-order valence-corrected chi connectivity index (χ3v) is 7.39. The van der Waals surface area contributed by atoms with Crippen LogP contribution in [-0.4, -0.2) is 47.4 Å². The Morgan fingerprint density at radius 1 is 1.09 bits per heavy atom. The van der Waals surface area contributed by atoms with Crippen LogP contribution >= 0.6 is 15.9 Å². The maximum Gasteiger partial charge on any atom is 0.322 e. The predicted molar refractivity (Wildman–Crippen MR) is 132 cm³/mol. The van der Waals surface area contributed by atoms with Crippen LogP contribution in [0.15, 0.2) is 46.9 Å². The van der Waals surface area contributed by atoms with Crippen molar-refractivity contribution in [1.82, 2.24) is 9.80 Å². The van der Waals surface area contributed by atoms with Crippen molar-refractivity contribution in [3.05, 3.63) is 58.1 Å². The Morgan fingerprint density at radius 3 is 2.53 bits per heavy atom. The van der Waals surface area contributed by atoms with E-state index in [9.17, 15) is 9.59 Å². The maximum absolute atomic E-state index is 13.5. The van der Waals surface area contributed by atoms with Gasteiger partial charge in [0, 0.05) is 41.4 Å². The second-order valence-corrected chi connectivity index (χ2v) is 10.0. The van der Waals surface area contributed by atoms with Crippen molar-refractivity contribution in [1.29, 1.82) is 0 Å². The van der Waals surface area contributed by atoms with E-state index in [-0.39, 0.29) is 17.9 Å². The Bertz CT molecular complexity index is 1010.